The van der Waals surface area contributed by atoms with Crippen molar-refractivity contribution in [1.29, 1.82) is 0 Å². The maximum atomic E-state index is 12.9. The minimum absolute atomic E-state index is 0.293. The highest BCUT2D eigenvalue weighted by atomic mass is 19.1. The highest BCUT2D eigenvalue weighted by molar-refractivity contribution is 5.42. The molecule has 0 spiro atoms. The molecule has 0 saturated carbocycles. The van der Waals surface area contributed by atoms with E-state index >= 15 is 0 Å². The summed E-state index contributed by atoms with van der Waals surface area (Å²) in [5, 5.41) is 10.2. The van der Waals surface area contributed by atoms with Crippen LogP contribution in [0.15, 0.2) is 54.6 Å². The zero-order valence-corrected chi connectivity index (χ0v) is 11.8. The number of para-hydroxylation sites is 1. The van der Waals surface area contributed by atoms with E-state index in [1.165, 1.54) is 12.1 Å². The highest BCUT2D eigenvalue weighted by Crippen LogP contribution is 2.16. The molecule has 0 bridgehead atoms. The summed E-state index contributed by atoms with van der Waals surface area (Å²) in [6.45, 7) is 0.521. The van der Waals surface area contributed by atoms with Crippen molar-refractivity contribution in [1.82, 2.24) is 15.2 Å². The minimum Gasteiger partial charge on any atom is -0.378 e. The van der Waals surface area contributed by atoms with Gasteiger partial charge in [-0.25, -0.2) is 9.37 Å². The van der Waals surface area contributed by atoms with Gasteiger partial charge >= 0.3 is 0 Å². The summed E-state index contributed by atoms with van der Waals surface area (Å²) in [5.41, 5.74) is 7.87. The Morgan fingerprint density at radius 2 is 1.82 bits per heavy atom. The lowest BCUT2D eigenvalue weighted by atomic mass is 10.1. The normalized spacial score (nSPS) is 12.1. The number of rotatable bonds is 5. The summed E-state index contributed by atoms with van der Waals surface area (Å²) in [6, 6.07) is 15.4. The molecule has 0 fully saturated rings. The van der Waals surface area contributed by atoms with Gasteiger partial charge in [0.05, 0.1) is 12.6 Å². The van der Waals surface area contributed by atoms with Gasteiger partial charge in [-0.1, -0.05) is 30.3 Å². The molecule has 3 aromatic rings. The van der Waals surface area contributed by atoms with Crippen molar-refractivity contribution in [2.75, 3.05) is 5.32 Å². The van der Waals surface area contributed by atoms with Crippen LogP contribution in [0, 0.1) is 5.82 Å². The summed E-state index contributed by atoms with van der Waals surface area (Å²) < 4.78 is 12.9. The highest BCUT2D eigenvalue weighted by Gasteiger charge is 2.14. The maximum absolute atomic E-state index is 12.9. The van der Waals surface area contributed by atoms with Crippen LogP contribution in [0.4, 0.5) is 10.1 Å². The van der Waals surface area contributed by atoms with Crippen molar-refractivity contribution in [3.05, 3.63) is 77.6 Å². The predicted octanol–water partition coefficient (Wildman–Crippen LogP) is 2.60. The first-order chi connectivity index (χ1) is 10.7. The van der Waals surface area contributed by atoms with Crippen molar-refractivity contribution in [2.24, 2.45) is 5.73 Å². The van der Waals surface area contributed by atoms with Crippen LogP contribution in [0.2, 0.25) is 0 Å². The molecule has 1 aromatic heterocycles. The molecule has 112 valence electrons. The summed E-state index contributed by atoms with van der Waals surface area (Å²) in [5.74, 6) is 0.881. The number of aromatic amines is 1. The van der Waals surface area contributed by atoms with Gasteiger partial charge in [-0.3, -0.25) is 5.10 Å². The van der Waals surface area contributed by atoms with Crippen LogP contribution >= 0.6 is 0 Å². The molecule has 4 N–H and O–H groups in total. The number of anilines is 1. The van der Waals surface area contributed by atoms with Crippen molar-refractivity contribution >= 4 is 5.69 Å². The van der Waals surface area contributed by atoms with Gasteiger partial charge in [0, 0.05) is 5.69 Å². The standard InChI is InChI=1S/C16H16FN5/c17-12-8-6-11(7-9-12)15(18)16-20-14(21-22-16)10-19-13-4-2-1-3-5-13/h1-9,15,19H,10,18H2,(H,20,21,22)/t15-/m1/s1. The molecule has 0 amide bonds. The van der Waals surface area contributed by atoms with Gasteiger partial charge in [-0.05, 0) is 29.8 Å². The number of H-pyrrole nitrogens is 1. The summed E-state index contributed by atoms with van der Waals surface area (Å²) >= 11 is 0. The Balaban J connectivity index is 1.66. The van der Waals surface area contributed by atoms with Gasteiger partial charge in [0.2, 0.25) is 0 Å². The molecule has 0 radical (unpaired) electrons. The molecule has 0 aliphatic rings. The Bertz CT molecular complexity index is 724. The Hall–Kier alpha value is -2.73. The average molecular weight is 297 g/mol. The molecule has 0 aliphatic carbocycles. The van der Waals surface area contributed by atoms with Gasteiger partial charge in [-0.15, -0.1) is 0 Å². The fraction of sp³-hybridized carbons (Fsp3) is 0.125. The molecule has 22 heavy (non-hydrogen) atoms. The van der Waals surface area contributed by atoms with Crippen LogP contribution in [0.25, 0.3) is 0 Å². The number of nitrogens with zero attached hydrogens (tertiary/aromatic N) is 2. The lowest BCUT2D eigenvalue weighted by molar-refractivity contribution is 0.626. The Kier molecular flexibility index (Phi) is 4.11. The minimum atomic E-state index is -0.484. The number of halogens is 1. The molecule has 3 rings (SSSR count). The van der Waals surface area contributed by atoms with Crippen LogP contribution in [-0.2, 0) is 6.54 Å². The van der Waals surface area contributed by atoms with Crippen molar-refractivity contribution in [3.63, 3.8) is 0 Å². The maximum Gasteiger partial charge on any atom is 0.171 e. The number of aromatic nitrogens is 3. The lowest BCUT2D eigenvalue weighted by Gasteiger charge is -2.07. The zero-order valence-electron chi connectivity index (χ0n) is 11.8. The zero-order chi connectivity index (χ0) is 15.4. The molecule has 0 unspecified atom stereocenters. The van der Waals surface area contributed by atoms with E-state index in [4.69, 9.17) is 5.73 Å². The largest absolute Gasteiger partial charge is 0.378 e. The number of benzene rings is 2. The molecular weight excluding hydrogens is 281 g/mol. The fourth-order valence-electron chi connectivity index (χ4n) is 2.09. The van der Waals surface area contributed by atoms with E-state index in [0.29, 0.717) is 18.2 Å². The third-order valence-corrected chi connectivity index (χ3v) is 3.29. The monoisotopic (exact) mass is 297 g/mol. The van der Waals surface area contributed by atoms with E-state index in [1.807, 2.05) is 30.3 Å². The third kappa shape index (κ3) is 3.29. The second-order valence-corrected chi connectivity index (χ2v) is 4.89. The van der Waals surface area contributed by atoms with Crippen molar-refractivity contribution in [3.8, 4) is 0 Å². The van der Waals surface area contributed by atoms with Gasteiger partial charge in [0.15, 0.2) is 5.82 Å². The molecule has 0 aliphatic heterocycles. The van der Waals surface area contributed by atoms with E-state index in [9.17, 15) is 4.39 Å². The second kappa shape index (κ2) is 6.36. The first-order valence-electron chi connectivity index (χ1n) is 6.93. The number of nitrogens with two attached hydrogens (primary N) is 1. The van der Waals surface area contributed by atoms with E-state index in [0.717, 1.165) is 11.3 Å². The van der Waals surface area contributed by atoms with Gasteiger partial charge in [-0.2, -0.15) is 5.10 Å². The molecule has 6 heteroatoms. The first kappa shape index (κ1) is 14.2. The number of hydrogen-bond donors (Lipinski definition) is 3. The van der Waals surface area contributed by atoms with Crippen LogP contribution in [0.5, 0.6) is 0 Å². The third-order valence-electron chi connectivity index (χ3n) is 3.29. The van der Waals surface area contributed by atoms with Crippen LogP contribution in [-0.4, -0.2) is 15.2 Å². The Morgan fingerprint density at radius 3 is 2.55 bits per heavy atom. The van der Waals surface area contributed by atoms with E-state index < -0.39 is 6.04 Å². The molecular formula is C16H16FN5. The summed E-state index contributed by atoms with van der Waals surface area (Å²) in [4.78, 5) is 4.38. The Morgan fingerprint density at radius 1 is 1.09 bits per heavy atom. The predicted molar refractivity (Wildman–Crippen MR) is 82.6 cm³/mol. The molecule has 1 heterocycles. The van der Waals surface area contributed by atoms with Crippen LogP contribution < -0.4 is 11.1 Å². The van der Waals surface area contributed by atoms with Crippen molar-refractivity contribution < 1.29 is 4.39 Å². The fourth-order valence-corrected chi connectivity index (χ4v) is 2.09. The van der Waals surface area contributed by atoms with E-state index in [-0.39, 0.29) is 5.82 Å². The molecule has 1 atom stereocenters. The molecule has 2 aromatic carbocycles. The Labute approximate surface area is 127 Å². The molecule has 0 saturated heterocycles. The van der Waals surface area contributed by atoms with Crippen molar-refractivity contribution in [2.45, 2.75) is 12.6 Å². The first-order valence-corrected chi connectivity index (χ1v) is 6.93. The summed E-state index contributed by atoms with van der Waals surface area (Å²) in [6.07, 6.45) is 0. The van der Waals surface area contributed by atoms with Gasteiger partial charge in [0.25, 0.3) is 0 Å². The summed E-state index contributed by atoms with van der Waals surface area (Å²) in [7, 11) is 0. The smallest absolute Gasteiger partial charge is 0.171 e. The molecule has 5 nitrogen and oxygen atoms in total. The van der Waals surface area contributed by atoms with E-state index in [1.54, 1.807) is 12.1 Å². The van der Waals surface area contributed by atoms with Crippen LogP contribution in [0.1, 0.15) is 23.3 Å². The second-order valence-electron chi connectivity index (χ2n) is 4.89. The quantitative estimate of drug-likeness (QED) is 0.676. The van der Waals surface area contributed by atoms with Crippen LogP contribution in [0.3, 0.4) is 0 Å². The number of hydrogen-bond acceptors (Lipinski definition) is 4. The number of nitrogens with one attached hydrogen (secondary N) is 2. The van der Waals surface area contributed by atoms with E-state index in [2.05, 4.69) is 20.5 Å². The van der Waals surface area contributed by atoms with Gasteiger partial charge < -0.3 is 11.1 Å². The topological polar surface area (TPSA) is 79.6 Å². The van der Waals surface area contributed by atoms with Gasteiger partial charge in [0.1, 0.15) is 11.6 Å². The lowest BCUT2D eigenvalue weighted by Crippen LogP contribution is -2.13. The SMILES string of the molecule is N[C@H](c1ccc(F)cc1)c1n[nH]c(CNc2ccccc2)n1. The average Bonchev–Trinajstić information content (AvgIpc) is 3.03.